The molecule has 0 atom stereocenters. The summed E-state index contributed by atoms with van der Waals surface area (Å²) in [7, 11) is 0. The van der Waals surface area contributed by atoms with Gasteiger partial charge >= 0.3 is 5.97 Å². The van der Waals surface area contributed by atoms with Crippen molar-refractivity contribution >= 4 is 11.8 Å². The van der Waals surface area contributed by atoms with Gasteiger partial charge < -0.3 is 10.1 Å². The summed E-state index contributed by atoms with van der Waals surface area (Å²) in [6.07, 6.45) is 1.42. The standard InChI is InChI=1S/C13H11NO3/c15-11(16)8-10-6-7-14-12(10)13(17)9-4-2-1-3-5-9/h1-7,14H,8H2,(H,15,16). The predicted molar refractivity (Wildman–Crippen MR) is 62.0 cm³/mol. The van der Waals surface area contributed by atoms with E-state index in [9.17, 15) is 9.59 Å². The van der Waals surface area contributed by atoms with E-state index in [-0.39, 0.29) is 12.2 Å². The molecular weight excluding hydrogens is 218 g/mol. The molecule has 86 valence electrons. The first-order valence-corrected chi connectivity index (χ1v) is 5.16. The monoisotopic (exact) mass is 229 g/mol. The number of hydrogen-bond acceptors (Lipinski definition) is 2. The number of carboxylic acid groups (broad SMARTS) is 1. The Kier molecular flexibility index (Phi) is 3.05. The van der Waals surface area contributed by atoms with Crippen molar-refractivity contribution in [2.45, 2.75) is 6.42 Å². The first-order valence-electron chi connectivity index (χ1n) is 5.16. The average Bonchev–Trinajstić information content (AvgIpc) is 2.76. The van der Waals surface area contributed by atoms with E-state index in [1.54, 1.807) is 36.5 Å². The van der Waals surface area contributed by atoms with Crippen molar-refractivity contribution in [1.29, 1.82) is 0 Å². The summed E-state index contributed by atoms with van der Waals surface area (Å²) in [5, 5.41) is 8.74. The quantitative estimate of drug-likeness (QED) is 0.786. The lowest BCUT2D eigenvalue weighted by atomic mass is 10.0. The van der Waals surface area contributed by atoms with Gasteiger partial charge in [-0.15, -0.1) is 0 Å². The number of carbonyl (C=O) groups is 2. The Morgan fingerprint density at radius 2 is 1.82 bits per heavy atom. The molecule has 0 aliphatic carbocycles. The van der Waals surface area contributed by atoms with Crippen LogP contribution in [0, 0.1) is 0 Å². The van der Waals surface area contributed by atoms with Crippen molar-refractivity contribution < 1.29 is 14.7 Å². The van der Waals surface area contributed by atoms with Crippen LogP contribution in [0.4, 0.5) is 0 Å². The fourth-order valence-corrected chi connectivity index (χ4v) is 1.66. The van der Waals surface area contributed by atoms with Crippen LogP contribution in [0.25, 0.3) is 0 Å². The van der Waals surface area contributed by atoms with Crippen molar-refractivity contribution in [3.63, 3.8) is 0 Å². The molecule has 0 saturated heterocycles. The van der Waals surface area contributed by atoms with E-state index in [0.717, 1.165) is 0 Å². The summed E-state index contributed by atoms with van der Waals surface area (Å²) < 4.78 is 0. The largest absolute Gasteiger partial charge is 0.481 e. The Balaban J connectivity index is 2.32. The van der Waals surface area contributed by atoms with Crippen LogP contribution >= 0.6 is 0 Å². The van der Waals surface area contributed by atoms with Gasteiger partial charge in [0.25, 0.3) is 0 Å². The molecule has 1 heterocycles. The maximum absolute atomic E-state index is 12.1. The maximum Gasteiger partial charge on any atom is 0.307 e. The van der Waals surface area contributed by atoms with E-state index in [1.165, 1.54) is 0 Å². The number of aromatic nitrogens is 1. The maximum atomic E-state index is 12.1. The second-order valence-corrected chi connectivity index (χ2v) is 3.64. The molecule has 2 aromatic rings. The number of nitrogens with one attached hydrogen (secondary N) is 1. The SMILES string of the molecule is O=C(O)Cc1cc[nH]c1C(=O)c1ccccc1. The van der Waals surface area contributed by atoms with Gasteiger partial charge in [0, 0.05) is 11.8 Å². The predicted octanol–water partition coefficient (Wildman–Crippen LogP) is 1.87. The summed E-state index contributed by atoms with van der Waals surface area (Å²) in [5.74, 6) is -1.14. The van der Waals surface area contributed by atoms with E-state index >= 15 is 0 Å². The van der Waals surface area contributed by atoms with Crippen LogP contribution < -0.4 is 0 Å². The Morgan fingerprint density at radius 1 is 1.12 bits per heavy atom. The van der Waals surface area contributed by atoms with E-state index in [2.05, 4.69) is 4.98 Å². The molecule has 0 bridgehead atoms. The molecule has 1 aromatic carbocycles. The van der Waals surface area contributed by atoms with Crippen LogP contribution in [0.15, 0.2) is 42.6 Å². The van der Waals surface area contributed by atoms with Crippen molar-refractivity contribution in [2.75, 3.05) is 0 Å². The third kappa shape index (κ3) is 2.42. The Bertz CT molecular complexity index is 543. The number of carbonyl (C=O) groups excluding carboxylic acids is 1. The summed E-state index contributed by atoms with van der Waals surface area (Å²) >= 11 is 0. The van der Waals surface area contributed by atoms with Crippen LogP contribution in [-0.2, 0) is 11.2 Å². The van der Waals surface area contributed by atoms with Gasteiger partial charge in [0.05, 0.1) is 12.1 Å². The van der Waals surface area contributed by atoms with E-state index < -0.39 is 5.97 Å². The average molecular weight is 229 g/mol. The molecule has 0 aliphatic rings. The molecule has 17 heavy (non-hydrogen) atoms. The van der Waals surface area contributed by atoms with Gasteiger partial charge in [0.1, 0.15) is 0 Å². The molecule has 0 unspecified atom stereocenters. The highest BCUT2D eigenvalue weighted by Gasteiger charge is 2.16. The van der Waals surface area contributed by atoms with Crippen molar-refractivity contribution in [2.24, 2.45) is 0 Å². The van der Waals surface area contributed by atoms with Gasteiger partial charge in [-0.3, -0.25) is 9.59 Å². The molecule has 0 fully saturated rings. The number of carboxylic acids is 1. The highest BCUT2D eigenvalue weighted by atomic mass is 16.4. The van der Waals surface area contributed by atoms with Gasteiger partial charge in [-0.1, -0.05) is 30.3 Å². The highest BCUT2D eigenvalue weighted by Crippen LogP contribution is 2.13. The lowest BCUT2D eigenvalue weighted by Gasteiger charge is -2.01. The molecule has 0 amide bonds. The number of hydrogen-bond donors (Lipinski definition) is 2. The number of benzene rings is 1. The third-order valence-electron chi connectivity index (χ3n) is 2.44. The van der Waals surface area contributed by atoms with Crippen LogP contribution in [0.3, 0.4) is 0 Å². The van der Waals surface area contributed by atoms with Crippen LogP contribution in [0.2, 0.25) is 0 Å². The Labute approximate surface area is 97.9 Å². The zero-order valence-electron chi connectivity index (χ0n) is 9.01. The molecule has 4 heteroatoms. The normalized spacial score (nSPS) is 10.1. The smallest absolute Gasteiger partial charge is 0.307 e. The summed E-state index contributed by atoms with van der Waals surface area (Å²) in [6, 6.07) is 10.4. The zero-order chi connectivity index (χ0) is 12.3. The first-order chi connectivity index (χ1) is 8.18. The number of ketones is 1. The number of rotatable bonds is 4. The molecule has 1 aromatic heterocycles. The van der Waals surface area contributed by atoms with Gasteiger partial charge in [0.15, 0.2) is 0 Å². The number of aliphatic carboxylic acids is 1. The topological polar surface area (TPSA) is 70.2 Å². The molecule has 2 N–H and O–H groups in total. The fourth-order valence-electron chi connectivity index (χ4n) is 1.66. The molecule has 0 radical (unpaired) electrons. The van der Waals surface area contributed by atoms with E-state index in [1.807, 2.05) is 6.07 Å². The minimum absolute atomic E-state index is 0.155. The summed E-state index contributed by atoms with van der Waals surface area (Å²) in [4.78, 5) is 25.5. The minimum Gasteiger partial charge on any atom is -0.481 e. The number of H-pyrrole nitrogens is 1. The van der Waals surface area contributed by atoms with Gasteiger partial charge in [-0.2, -0.15) is 0 Å². The van der Waals surface area contributed by atoms with Crippen molar-refractivity contribution in [1.82, 2.24) is 4.98 Å². The van der Waals surface area contributed by atoms with Crippen LogP contribution in [-0.4, -0.2) is 21.8 Å². The number of aromatic amines is 1. The summed E-state index contributed by atoms with van der Waals surface area (Å²) in [6.45, 7) is 0. The fraction of sp³-hybridized carbons (Fsp3) is 0.0769. The van der Waals surface area contributed by atoms with E-state index in [0.29, 0.717) is 16.8 Å². The molecule has 2 rings (SSSR count). The summed E-state index contributed by atoms with van der Waals surface area (Å²) in [5.41, 5.74) is 1.39. The van der Waals surface area contributed by atoms with Crippen LogP contribution in [0.1, 0.15) is 21.6 Å². The van der Waals surface area contributed by atoms with Crippen molar-refractivity contribution in [3.8, 4) is 0 Å². The van der Waals surface area contributed by atoms with Gasteiger partial charge in [-0.05, 0) is 11.6 Å². The lowest BCUT2D eigenvalue weighted by molar-refractivity contribution is -0.136. The second-order valence-electron chi connectivity index (χ2n) is 3.64. The molecular formula is C13H11NO3. The Morgan fingerprint density at radius 3 is 2.47 bits per heavy atom. The van der Waals surface area contributed by atoms with Gasteiger partial charge in [0.2, 0.25) is 5.78 Å². The first kappa shape index (κ1) is 11.1. The third-order valence-corrected chi connectivity index (χ3v) is 2.44. The van der Waals surface area contributed by atoms with Crippen molar-refractivity contribution in [3.05, 3.63) is 59.4 Å². The molecule has 0 aliphatic heterocycles. The Hall–Kier alpha value is -2.36. The van der Waals surface area contributed by atoms with Crippen LogP contribution in [0.5, 0.6) is 0 Å². The zero-order valence-corrected chi connectivity index (χ0v) is 9.01. The lowest BCUT2D eigenvalue weighted by Crippen LogP contribution is -2.08. The minimum atomic E-state index is -0.952. The van der Waals surface area contributed by atoms with E-state index in [4.69, 9.17) is 5.11 Å². The molecule has 0 spiro atoms. The highest BCUT2D eigenvalue weighted by molar-refractivity contribution is 6.09. The molecule has 0 saturated carbocycles. The van der Waals surface area contributed by atoms with Gasteiger partial charge in [-0.25, -0.2) is 0 Å². The second kappa shape index (κ2) is 4.65. The molecule has 4 nitrogen and oxygen atoms in total.